The number of aromatic hydroxyl groups is 1. The average molecular weight is 581 g/mol. The highest BCUT2D eigenvalue weighted by Gasteiger charge is 2.19. The molecule has 2 rings (SSSR count). The first-order valence-electron chi connectivity index (χ1n) is 16.0. The topological polar surface area (TPSA) is 65.0 Å². The molecule has 0 radical (unpaired) electrons. The van der Waals surface area contributed by atoms with Gasteiger partial charge in [-0.3, -0.25) is 4.79 Å². The number of ether oxygens (including phenoxy) is 3. The number of allylic oxidation sites excluding steroid dienone is 8. The molecule has 0 saturated carbocycles. The summed E-state index contributed by atoms with van der Waals surface area (Å²) in [6.07, 6.45) is 20.3. The van der Waals surface area contributed by atoms with Gasteiger partial charge in [0.15, 0.2) is 6.29 Å². The van der Waals surface area contributed by atoms with Crippen molar-refractivity contribution in [1.82, 2.24) is 0 Å². The molecule has 0 spiro atoms. The van der Waals surface area contributed by atoms with Crippen molar-refractivity contribution in [2.75, 3.05) is 13.2 Å². The van der Waals surface area contributed by atoms with E-state index in [1.54, 1.807) is 0 Å². The summed E-state index contributed by atoms with van der Waals surface area (Å²) in [7, 11) is 0. The van der Waals surface area contributed by atoms with Crippen LogP contribution in [0.5, 0.6) is 11.5 Å². The first kappa shape index (κ1) is 35.4. The molecule has 1 heterocycles. The molecule has 1 N–H and O–H groups in total. The van der Waals surface area contributed by atoms with Crippen LogP contribution in [0, 0.1) is 13.8 Å². The predicted octanol–water partition coefficient (Wildman–Crippen LogP) is 9.93. The maximum atomic E-state index is 11.5. The van der Waals surface area contributed by atoms with Crippen molar-refractivity contribution in [2.45, 2.75) is 132 Å². The molecule has 234 valence electrons. The van der Waals surface area contributed by atoms with Crippen molar-refractivity contribution in [2.24, 2.45) is 0 Å². The van der Waals surface area contributed by atoms with Crippen LogP contribution in [0.2, 0.25) is 0 Å². The number of esters is 1. The largest absolute Gasteiger partial charge is 0.507 e. The molecule has 5 heteroatoms. The van der Waals surface area contributed by atoms with E-state index in [0.29, 0.717) is 25.2 Å². The highest BCUT2D eigenvalue weighted by Crippen LogP contribution is 2.34. The van der Waals surface area contributed by atoms with Gasteiger partial charge in [-0.05, 0) is 130 Å². The fourth-order valence-corrected chi connectivity index (χ4v) is 5.03. The van der Waals surface area contributed by atoms with Crippen molar-refractivity contribution in [3.05, 3.63) is 69.4 Å². The van der Waals surface area contributed by atoms with Gasteiger partial charge in [-0.2, -0.15) is 0 Å². The summed E-state index contributed by atoms with van der Waals surface area (Å²) >= 11 is 0. The molecular weight excluding hydrogens is 524 g/mol. The number of carbonyl (C=O) groups excluding carboxylic acids is 1. The number of carbonyl (C=O) groups is 1. The van der Waals surface area contributed by atoms with Crippen LogP contribution in [-0.2, 0) is 20.7 Å². The Morgan fingerprint density at radius 1 is 0.857 bits per heavy atom. The smallest absolute Gasteiger partial charge is 0.306 e. The van der Waals surface area contributed by atoms with Crippen molar-refractivity contribution in [1.29, 1.82) is 0 Å². The second-order valence-corrected chi connectivity index (χ2v) is 11.9. The van der Waals surface area contributed by atoms with E-state index in [1.807, 2.05) is 26.8 Å². The highest BCUT2D eigenvalue weighted by molar-refractivity contribution is 5.69. The Bertz CT molecular complexity index is 1120. The van der Waals surface area contributed by atoms with Crippen molar-refractivity contribution in [3.8, 4) is 11.5 Å². The number of phenolic OH excluding ortho intramolecular Hbond substituents is 1. The quantitative estimate of drug-likeness (QED) is 0.147. The molecule has 0 bridgehead atoms. The van der Waals surface area contributed by atoms with Crippen LogP contribution in [0.15, 0.2) is 52.7 Å². The predicted molar refractivity (Wildman–Crippen MR) is 174 cm³/mol. The highest BCUT2D eigenvalue weighted by atomic mass is 16.7. The van der Waals surface area contributed by atoms with Gasteiger partial charge in [-0.1, -0.05) is 46.6 Å². The first-order chi connectivity index (χ1) is 20.1. The number of hydrogen-bond acceptors (Lipinski definition) is 5. The van der Waals surface area contributed by atoms with Crippen molar-refractivity contribution in [3.63, 3.8) is 0 Å². The zero-order valence-corrected chi connectivity index (χ0v) is 27.4. The van der Waals surface area contributed by atoms with Gasteiger partial charge in [0.1, 0.15) is 11.5 Å². The molecule has 1 atom stereocenters. The Kier molecular flexibility index (Phi) is 16.4. The van der Waals surface area contributed by atoms with Gasteiger partial charge in [0, 0.05) is 18.4 Å². The van der Waals surface area contributed by atoms with E-state index >= 15 is 0 Å². The number of rotatable bonds is 17. The maximum absolute atomic E-state index is 11.5. The Balaban J connectivity index is 1.76. The molecule has 1 unspecified atom stereocenters. The summed E-state index contributed by atoms with van der Waals surface area (Å²) in [6.45, 7) is 15.7. The minimum absolute atomic E-state index is 0.112. The second-order valence-electron chi connectivity index (χ2n) is 11.9. The molecule has 0 aromatic heterocycles. The van der Waals surface area contributed by atoms with Gasteiger partial charge in [0.25, 0.3) is 0 Å². The van der Waals surface area contributed by atoms with E-state index in [2.05, 4.69) is 52.0 Å². The molecule has 1 saturated heterocycles. The van der Waals surface area contributed by atoms with Crippen molar-refractivity contribution >= 4 is 5.97 Å². The van der Waals surface area contributed by atoms with Crippen LogP contribution in [0.4, 0.5) is 0 Å². The third-order valence-corrected chi connectivity index (χ3v) is 8.09. The third-order valence-electron chi connectivity index (χ3n) is 8.09. The molecule has 1 aliphatic heterocycles. The SMILES string of the molecule is CCOC(=O)CC/C(C)=C/CC/C(C)=C/CC/C(C)=C/CC/C(C)=C/Cc1cc(OC2CCCCO2)c(C)c(C)c1O. The molecule has 1 aromatic carbocycles. The van der Waals surface area contributed by atoms with E-state index in [9.17, 15) is 9.90 Å². The van der Waals surface area contributed by atoms with Gasteiger partial charge in [-0.15, -0.1) is 0 Å². The second kappa shape index (κ2) is 19.4. The lowest BCUT2D eigenvalue weighted by molar-refractivity contribution is -0.143. The van der Waals surface area contributed by atoms with E-state index < -0.39 is 0 Å². The lowest BCUT2D eigenvalue weighted by atomic mass is 9.99. The zero-order valence-electron chi connectivity index (χ0n) is 27.4. The molecule has 1 fully saturated rings. The Morgan fingerprint density at radius 3 is 1.98 bits per heavy atom. The Morgan fingerprint density at radius 2 is 1.43 bits per heavy atom. The molecule has 1 aromatic rings. The molecule has 0 aliphatic carbocycles. The summed E-state index contributed by atoms with van der Waals surface area (Å²) in [4.78, 5) is 11.5. The third kappa shape index (κ3) is 13.5. The van der Waals surface area contributed by atoms with Gasteiger partial charge in [0.2, 0.25) is 0 Å². The minimum atomic E-state index is -0.192. The monoisotopic (exact) mass is 580 g/mol. The van der Waals surface area contributed by atoms with Crippen LogP contribution in [-0.4, -0.2) is 30.6 Å². The molecule has 1 aliphatic rings. The van der Waals surface area contributed by atoms with Crippen LogP contribution in [0.25, 0.3) is 0 Å². The molecule has 42 heavy (non-hydrogen) atoms. The number of phenols is 1. The van der Waals surface area contributed by atoms with Crippen LogP contribution >= 0.6 is 0 Å². The van der Waals surface area contributed by atoms with Gasteiger partial charge >= 0.3 is 5.97 Å². The van der Waals surface area contributed by atoms with Crippen molar-refractivity contribution < 1.29 is 24.1 Å². The molecular formula is C37H56O5. The Hall–Kier alpha value is -2.79. The Labute approximate surface area is 255 Å². The fraction of sp³-hybridized carbons (Fsp3) is 0.595. The van der Waals surface area contributed by atoms with E-state index in [0.717, 1.165) is 93.3 Å². The summed E-state index contributed by atoms with van der Waals surface area (Å²) in [5, 5.41) is 10.8. The van der Waals surface area contributed by atoms with Gasteiger partial charge in [0.05, 0.1) is 13.2 Å². The van der Waals surface area contributed by atoms with Crippen LogP contribution in [0.1, 0.15) is 122 Å². The first-order valence-corrected chi connectivity index (χ1v) is 16.0. The standard InChI is InChI=1S/C37H56O5/c1-8-40-35(38)24-22-30(5)19-13-17-28(3)15-11-14-27(2)16-12-18-29(4)21-23-33-26-34(31(6)32(7)37(33)39)42-36-20-9-10-25-41-36/h15-16,19,21,26,36,39H,8-14,17-18,20,22-25H2,1-7H3/b27-16+,28-15+,29-21+,30-19+. The van der Waals surface area contributed by atoms with Gasteiger partial charge < -0.3 is 19.3 Å². The van der Waals surface area contributed by atoms with Crippen LogP contribution < -0.4 is 4.74 Å². The number of benzene rings is 1. The number of hydrogen-bond donors (Lipinski definition) is 1. The van der Waals surface area contributed by atoms with Crippen LogP contribution in [0.3, 0.4) is 0 Å². The minimum Gasteiger partial charge on any atom is -0.507 e. The summed E-state index contributed by atoms with van der Waals surface area (Å²) in [5.41, 5.74) is 8.20. The summed E-state index contributed by atoms with van der Waals surface area (Å²) < 4.78 is 16.9. The zero-order chi connectivity index (χ0) is 30.9. The molecule has 0 amide bonds. The van der Waals surface area contributed by atoms with E-state index in [4.69, 9.17) is 14.2 Å². The summed E-state index contributed by atoms with van der Waals surface area (Å²) in [6, 6.07) is 1.99. The summed E-state index contributed by atoms with van der Waals surface area (Å²) in [5.74, 6) is 1.07. The molecule has 5 nitrogen and oxygen atoms in total. The lowest BCUT2D eigenvalue weighted by Gasteiger charge is -2.25. The van der Waals surface area contributed by atoms with E-state index in [-0.39, 0.29) is 12.3 Å². The fourth-order valence-electron chi connectivity index (χ4n) is 5.03. The average Bonchev–Trinajstić information content (AvgIpc) is 2.96. The van der Waals surface area contributed by atoms with E-state index in [1.165, 1.54) is 22.3 Å². The van der Waals surface area contributed by atoms with Gasteiger partial charge in [-0.25, -0.2) is 0 Å². The maximum Gasteiger partial charge on any atom is 0.306 e. The lowest BCUT2D eigenvalue weighted by Crippen LogP contribution is -2.25. The normalized spacial score (nSPS) is 17.0.